The van der Waals surface area contributed by atoms with Crippen LogP contribution in [-0.2, 0) is 19.4 Å². The van der Waals surface area contributed by atoms with Crippen LogP contribution >= 0.6 is 0 Å². The maximum atomic E-state index is 12.3. The first kappa shape index (κ1) is 21.0. The first-order valence-electron chi connectivity index (χ1n) is 8.85. The Morgan fingerprint density at radius 1 is 1.04 bits per heavy atom. The highest BCUT2D eigenvalue weighted by Gasteiger charge is 2.22. The summed E-state index contributed by atoms with van der Waals surface area (Å²) in [7, 11) is -1.87. The maximum Gasteiger partial charge on any atom is 0.409 e. The Labute approximate surface area is 160 Å². The average molecular weight is 398 g/mol. The summed E-state index contributed by atoms with van der Waals surface area (Å²) in [5.74, 6) is 0.607. The number of ether oxygens (including phenoxy) is 2. The maximum absolute atomic E-state index is 12.3. The van der Waals surface area contributed by atoms with Gasteiger partial charge in [-0.1, -0.05) is 0 Å². The number of amides is 2. The van der Waals surface area contributed by atoms with Gasteiger partial charge in [-0.15, -0.1) is 0 Å². The molecule has 0 aliphatic carbocycles. The SMILES string of the molecule is COC(=O)N1CCCN(C(=O)CCCOc2ccc(S(C)(=O)=O)cc2)CC1. The molecule has 1 aliphatic rings. The normalized spacial score (nSPS) is 15.2. The molecule has 1 heterocycles. The van der Waals surface area contributed by atoms with Gasteiger partial charge in [0.2, 0.25) is 5.91 Å². The summed E-state index contributed by atoms with van der Waals surface area (Å²) in [4.78, 5) is 27.5. The van der Waals surface area contributed by atoms with Gasteiger partial charge in [0.05, 0.1) is 18.6 Å². The summed E-state index contributed by atoms with van der Waals surface area (Å²) in [5, 5.41) is 0. The van der Waals surface area contributed by atoms with E-state index in [9.17, 15) is 18.0 Å². The molecule has 1 aromatic rings. The minimum Gasteiger partial charge on any atom is -0.494 e. The highest BCUT2D eigenvalue weighted by molar-refractivity contribution is 7.90. The van der Waals surface area contributed by atoms with Crippen LogP contribution in [0.5, 0.6) is 5.75 Å². The Bertz CT molecular complexity index is 748. The molecule has 8 nitrogen and oxygen atoms in total. The molecular weight excluding hydrogens is 372 g/mol. The number of sulfone groups is 1. The predicted molar refractivity (Wildman–Crippen MR) is 99.5 cm³/mol. The number of carbonyl (C=O) groups is 2. The van der Waals surface area contributed by atoms with Gasteiger partial charge in [0, 0.05) is 38.9 Å². The van der Waals surface area contributed by atoms with Crippen LogP contribution in [0.1, 0.15) is 19.3 Å². The third-order valence-electron chi connectivity index (χ3n) is 4.34. The first-order chi connectivity index (χ1) is 12.8. The van der Waals surface area contributed by atoms with Crippen molar-refractivity contribution in [1.82, 2.24) is 9.80 Å². The van der Waals surface area contributed by atoms with Crippen molar-refractivity contribution >= 4 is 21.8 Å². The standard InChI is InChI=1S/C18H26N2O6S/c1-25-18(22)20-11-4-10-19(12-13-20)17(21)5-3-14-26-15-6-8-16(9-7-15)27(2,23)24/h6-9H,3-5,10-14H2,1-2H3. The van der Waals surface area contributed by atoms with E-state index in [0.29, 0.717) is 51.4 Å². The molecule has 1 fully saturated rings. The minimum absolute atomic E-state index is 0.0396. The van der Waals surface area contributed by atoms with E-state index in [1.807, 2.05) is 0 Å². The largest absolute Gasteiger partial charge is 0.494 e. The van der Waals surface area contributed by atoms with Gasteiger partial charge >= 0.3 is 6.09 Å². The van der Waals surface area contributed by atoms with E-state index >= 15 is 0 Å². The molecule has 0 atom stereocenters. The lowest BCUT2D eigenvalue weighted by Gasteiger charge is -2.21. The third kappa shape index (κ3) is 6.42. The van der Waals surface area contributed by atoms with Crippen LogP contribution in [0.25, 0.3) is 0 Å². The molecule has 2 amide bonds. The molecule has 0 aromatic heterocycles. The Morgan fingerprint density at radius 3 is 2.30 bits per heavy atom. The van der Waals surface area contributed by atoms with Crippen LogP contribution in [0.3, 0.4) is 0 Å². The number of hydrogen-bond donors (Lipinski definition) is 0. The van der Waals surface area contributed by atoms with Gasteiger partial charge in [0.25, 0.3) is 0 Å². The summed E-state index contributed by atoms with van der Waals surface area (Å²) in [6, 6.07) is 6.21. The minimum atomic E-state index is -3.22. The zero-order valence-corrected chi connectivity index (χ0v) is 16.5. The zero-order chi connectivity index (χ0) is 19.9. The van der Waals surface area contributed by atoms with Gasteiger partial charge in [-0.3, -0.25) is 4.79 Å². The van der Waals surface area contributed by atoms with Gasteiger partial charge < -0.3 is 19.3 Å². The number of nitrogens with zero attached hydrogens (tertiary/aromatic N) is 2. The van der Waals surface area contributed by atoms with E-state index in [0.717, 1.165) is 12.7 Å². The first-order valence-corrected chi connectivity index (χ1v) is 10.7. The second-order valence-electron chi connectivity index (χ2n) is 6.39. The second-order valence-corrected chi connectivity index (χ2v) is 8.40. The molecule has 0 spiro atoms. The summed E-state index contributed by atoms with van der Waals surface area (Å²) >= 11 is 0. The van der Waals surface area contributed by atoms with Gasteiger partial charge in [-0.25, -0.2) is 13.2 Å². The van der Waals surface area contributed by atoms with Gasteiger partial charge in [0.1, 0.15) is 5.75 Å². The number of rotatable bonds is 6. The van der Waals surface area contributed by atoms with Gasteiger partial charge in [-0.05, 0) is 37.1 Å². The molecule has 0 bridgehead atoms. The molecule has 1 saturated heterocycles. The summed E-state index contributed by atoms with van der Waals surface area (Å²) in [5.41, 5.74) is 0. The van der Waals surface area contributed by atoms with E-state index < -0.39 is 9.84 Å². The molecular formula is C18H26N2O6S. The monoisotopic (exact) mass is 398 g/mol. The van der Waals surface area contributed by atoms with Crippen molar-refractivity contribution in [3.63, 3.8) is 0 Å². The quantitative estimate of drug-likeness (QED) is 0.675. The van der Waals surface area contributed by atoms with Gasteiger partial charge in [-0.2, -0.15) is 0 Å². The Hall–Kier alpha value is -2.29. The van der Waals surface area contributed by atoms with Crippen LogP contribution in [-0.4, -0.2) is 76.4 Å². The van der Waals surface area contributed by atoms with Crippen molar-refractivity contribution in [3.8, 4) is 5.75 Å². The van der Waals surface area contributed by atoms with E-state index in [1.54, 1.807) is 21.9 Å². The highest BCUT2D eigenvalue weighted by atomic mass is 32.2. The van der Waals surface area contributed by atoms with E-state index in [1.165, 1.54) is 19.2 Å². The van der Waals surface area contributed by atoms with E-state index in [-0.39, 0.29) is 16.9 Å². The molecule has 1 aromatic carbocycles. The lowest BCUT2D eigenvalue weighted by atomic mass is 10.2. The second kappa shape index (κ2) is 9.59. The number of methoxy groups -OCH3 is 1. The Morgan fingerprint density at radius 2 is 1.67 bits per heavy atom. The van der Waals surface area contributed by atoms with Crippen molar-refractivity contribution in [1.29, 1.82) is 0 Å². The Kier molecular flexibility index (Phi) is 7.46. The smallest absolute Gasteiger partial charge is 0.409 e. The van der Waals surface area contributed by atoms with Crippen molar-refractivity contribution in [2.75, 3.05) is 46.2 Å². The fraction of sp³-hybridized carbons (Fsp3) is 0.556. The van der Waals surface area contributed by atoms with E-state index in [4.69, 9.17) is 9.47 Å². The third-order valence-corrected chi connectivity index (χ3v) is 5.47. The number of benzene rings is 1. The Balaban J connectivity index is 1.72. The molecule has 2 rings (SSSR count). The van der Waals surface area contributed by atoms with E-state index in [2.05, 4.69) is 0 Å². The van der Waals surface area contributed by atoms with Crippen molar-refractivity contribution in [2.45, 2.75) is 24.2 Å². The van der Waals surface area contributed by atoms with Crippen LogP contribution in [0.2, 0.25) is 0 Å². The average Bonchev–Trinajstić information content (AvgIpc) is 2.90. The highest BCUT2D eigenvalue weighted by Crippen LogP contribution is 2.16. The topological polar surface area (TPSA) is 93.2 Å². The fourth-order valence-corrected chi connectivity index (χ4v) is 3.46. The molecule has 0 unspecified atom stereocenters. The molecule has 150 valence electrons. The molecule has 0 radical (unpaired) electrons. The van der Waals surface area contributed by atoms with Crippen molar-refractivity contribution in [2.24, 2.45) is 0 Å². The van der Waals surface area contributed by atoms with Crippen LogP contribution in [0.4, 0.5) is 4.79 Å². The number of hydrogen-bond acceptors (Lipinski definition) is 6. The molecule has 27 heavy (non-hydrogen) atoms. The molecule has 9 heteroatoms. The number of carbonyl (C=O) groups excluding carboxylic acids is 2. The fourth-order valence-electron chi connectivity index (χ4n) is 2.83. The van der Waals surface area contributed by atoms with Crippen LogP contribution in [0.15, 0.2) is 29.2 Å². The summed E-state index contributed by atoms with van der Waals surface area (Å²) < 4.78 is 33.1. The van der Waals surface area contributed by atoms with Crippen LogP contribution < -0.4 is 4.74 Å². The van der Waals surface area contributed by atoms with Gasteiger partial charge in [0.15, 0.2) is 9.84 Å². The van der Waals surface area contributed by atoms with Crippen molar-refractivity contribution in [3.05, 3.63) is 24.3 Å². The molecule has 0 N–H and O–H groups in total. The lowest BCUT2D eigenvalue weighted by Crippen LogP contribution is -2.37. The lowest BCUT2D eigenvalue weighted by molar-refractivity contribution is -0.131. The summed E-state index contributed by atoms with van der Waals surface area (Å²) in [6.45, 7) is 2.55. The molecule has 0 saturated carbocycles. The molecule has 1 aliphatic heterocycles. The summed E-state index contributed by atoms with van der Waals surface area (Å²) in [6.07, 6.45) is 2.44. The van der Waals surface area contributed by atoms with Crippen LogP contribution in [0, 0.1) is 0 Å². The van der Waals surface area contributed by atoms with Crippen molar-refractivity contribution < 1.29 is 27.5 Å². The zero-order valence-electron chi connectivity index (χ0n) is 15.7. The predicted octanol–water partition coefficient (Wildman–Crippen LogP) is 1.55.